The van der Waals surface area contributed by atoms with Crippen molar-refractivity contribution in [1.29, 1.82) is 0 Å². The summed E-state index contributed by atoms with van der Waals surface area (Å²) >= 11 is 0. The molecule has 0 spiro atoms. The van der Waals surface area contributed by atoms with Crippen molar-refractivity contribution < 1.29 is 28.6 Å². The fraction of sp³-hybridized carbons (Fsp3) is 0.743. The molecule has 6 heteroatoms. The topological polar surface area (TPSA) is 78.9 Å². The van der Waals surface area contributed by atoms with Crippen LogP contribution in [0.4, 0.5) is 0 Å². The Morgan fingerprint density at radius 1 is 0.263 bits per heavy atom. The van der Waals surface area contributed by atoms with Crippen LogP contribution in [0.1, 0.15) is 335 Å². The minimum Gasteiger partial charge on any atom is -0.462 e. The van der Waals surface area contributed by atoms with Crippen LogP contribution >= 0.6 is 0 Å². The summed E-state index contributed by atoms with van der Waals surface area (Å²) in [6, 6.07) is 0. The summed E-state index contributed by atoms with van der Waals surface area (Å²) in [5.41, 5.74) is 0. The van der Waals surface area contributed by atoms with Gasteiger partial charge >= 0.3 is 17.9 Å². The van der Waals surface area contributed by atoms with E-state index in [9.17, 15) is 14.4 Å². The summed E-state index contributed by atoms with van der Waals surface area (Å²) in [5, 5.41) is 0. The lowest BCUT2D eigenvalue weighted by Gasteiger charge is -2.18. The molecule has 0 heterocycles. The largest absolute Gasteiger partial charge is 0.462 e. The van der Waals surface area contributed by atoms with Crippen molar-refractivity contribution in [2.24, 2.45) is 0 Å². The molecule has 0 N–H and O–H groups in total. The molecule has 0 saturated heterocycles. The monoisotopic (exact) mass is 1110 g/mol. The zero-order valence-corrected chi connectivity index (χ0v) is 52.8. The van der Waals surface area contributed by atoms with Crippen LogP contribution in [0.5, 0.6) is 0 Å². The Labute approximate surface area is 496 Å². The average Bonchev–Trinajstić information content (AvgIpc) is 3.46. The highest BCUT2D eigenvalue weighted by Gasteiger charge is 2.19. The molecule has 0 rings (SSSR count). The molecular weight excluding hydrogens is 985 g/mol. The molecule has 0 aliphatic heterocycles. The zero-order valence-electron chi connectivity index (χ0n) is 52.8. The van der Waals surface area contributed by atoms with Gasteiger partial charge in [0.25, 0.3) is 0 Å². The lowest BCUT2D eigenvalue weighted by molar-refractivity contribution is -0.167. The second-order valence-electron chi connectivity index (χ2n) is 22.7. The molecule has 0 saturated carbocycles. The molecule has 0 aromatic rings. The molecule has 0 aromatic carbocycles. The van der Waals surface area contributed by atoms with E-state index in [-0.39, 0.29) is 31.1 Å². The van der Waals surface area contributed by atoms with Crippen molar-refractivity contribution >= 4 is 17.9 Å². The maximum absolute atomic E-state index is 12.9. The van der Waals surface area contributed by atoms with Gasteiger partial charge in [-0.1, -0.05) is 311 Å². The first-order valence-electron chi connectivity index (χ1n) is 34.2. The minimum atomic E-state index is -0.783. The van der Waals surface area contributed by atoms with Crippen LogP contribution in [0.2, 0.25) is 0 Å². The van der Waals surface area contributed by atoms with Gasteiger partial charge in [-0.25, -0.2) is 0 Å². The van der Waals surface area contributed by atoms with Crippen molar-refractivity contribution in [1.82, 2.24) is 0 Å². The molecule has 0 bridgehead atoms. The van der Waals surface area contributed by atoms with Gasteiger partial charge in [0.1, 0.15) is 13.2 Å². The number of unbranched alkanes of at least 4 members (excludes halogenated alkanes) is 35. The molecule has 0 aromatic heterocycles. The average molecular weight is 1110 g/mol. The summed E-state index contributed by atoms with van der Waals surface area (Å²) in [6.07, 6.45) is 91.4. The number of carbonyl (C=O) groups is 3. The Kier molecular flexibility index (Phi) is 64.7. The summed E-state index contributed by atoms with van der Waals surface area (Å²) in [5.74, 6) is -0.879. The number of allylic oxidation sites excluding steroid dienone is 16. The predicted molar refractivity (Wildman–Crippen MR) is 348 cm³/mol. The van der Waals surface area contributed by atoms with Crippen LogP contribution in [-0.4, -0.2) is 37.2 Å². The molecule has 460 valence electrons. The molecule has 1 unspecified atom stereocenters. The summed E-state index contributed by atoms with van der Waals surface area (Å²) in [7, 11) is 0. The molecule has 1 atom stereocenters. The second kappa shape index (κ2) is 67.8. The number of ether oxygens (including phenoxy) is 3. The second-order valence-corrected chi connectivity index (χ2v) is 22.7. The van der Waals surface area contributed by atoms with E-state index in [0.717, 1.165) is 116 Å². The Balaban J connectivity index is 4.26. The third-order valence-electron chi connectivity index (χ3n) is 14.8. The van der Waals surface area contributed by atoms with E-state index in [4.69, 9.17) is 14.2 Å². The van der Waals surface area contributed by atoms with Gasteiger partial charge in [-0.3, -0.25) is 14.4 Å². The van der Waals surface area contributed by atoms with Crippen molar-refractivity contribution in [3.8, 4) is 0 Å². The molecule has 0 aliphatic carbocycles. The SMILES string of the molecule is CC/C=C\C/C=C\C/C=C\C/C=C\C/C=C\C/C=C\CCCCCCCCCCCCCCC(=O)OCC(COC(=O)CCCCCCC/C=C\C/C=C\CCCCC)OC(=O)CCCCCCCCCCCCCCCCCC. The Hall–Kier alpha value is -3.67. The fourth-order valence-corrected chi connectivity index (χ4v) is 9.71. The van der Waals surface area contributed by atoms with Crippen LogP contribution in [0.25, 0.3) is 0 Å². The van der Waals surface area contributed by atoms with E-state index in [0.29, 0.717) is 19.3 Å². The zero-order chi connectivity index (χ0) is 57.8. The highest BCUT2D eigenvalue weighted by molar-refractivity contribution is 5.71. The van der Waals surface area contributed by atoms with Crippen LogP contribution < -0.4 is 0 Å². The number of esters is 3. The summed E-state index contributed by atoms with van der Waals surface area (Å²) in [4.78, 5) is 38.4. The normalized spacial score (nSPS) is 12.7. The van der Waals surface area contributed by atoms with Crippen LogP contribution in [-0.2, 0) is 28.6 Å². The molecule has 6 nitrogen and oxygen atoms in total. The molecular formula is C74H128O6. The third kappa shape index (κ3) is 65.1. The van der Waals surface area contributed by atoms with Crippen molar-refractivity contribution in [3.05, 3.63) is 97.2 Å². The molecule has 80 heavy (non-hydrogen) atoms. The van der Waals surface area contributed by atoms with Crippen LogP contribution in [0.3, 0.4) is 0 Å². The Bertz CT molecular complexity index is 1560. The lowest BCUT2D eigenvalue weighted by atomic mass is 10.0. The summed E-state index contributed by atoms with van der Waals surface area (Å²) < 4.78 is 17.0. The van der Waals surface area contributed by atoms with Gasteiger partial charge in [-0.2, -0.15) is 0 Å². The fourth-order valence-electron chi connectivity index (χ4n) is 9.71. The Morgan fingerprint density at radius 3 is 0.787 bits per heavy atom. The number of carbonyl (C=O) groups excluding carboxylic acids is 3. The van der Waals surface area contributed by atoms with Crippen molar-refractivity contribution in [2.75, 3.05) is 13.2 Å². The van der Waals surface area contributed by atoms with Gasteiger partial charge in [0.2, 0.25) is 0 Å². The molecule has 0 radical (unpaired) electrons. The van der Waals surface area contributed by atoms with Gasteiger partial charge in [-0.05, 0) is 103 Å². The van der Waals surface area contributed by atoms with Gasteiger partial charge in [-0.15, -0.1) is 0 Å². The van der Waals surface area contributed by atoms with E-state index in [1.54, 1.807) is 0 Å². The third-order valence-corrected chi connectivity index (χ3v) is 14.8. The molecule has 0 amide bonds. The predicted octanol–water partition coefficient (Wildman–Crippen LogP) is 23.6. The number of hydrogen-bond acceptors (Lipinski definition) is 6. The smallest absolute Gasteiger partial charge is 0.306 e. The Morgan fingerprint density at radius 2 is 0.487 bits per heavy atom. The van der Waals surface area contributed by atoms with Gasteiger partial charge in [0, 0.05) is 19.3 Å². The minimum absolute atomic E-state index is 0.0794. The first-order valence-corrected chi connectivity index (χ1v) is 34.2. The first-order chi connectivity index (χ1) is 39.5. The van der Waals surface area contributed by atoms with E-state index >= 15 is 0 Å². The quantitative estimate of drug-likeness (QED) is 0.0261. The van der Waals surface area contributed by atoms with Gasteiger partial charge < -0.3 is 14.2 Å². The molecule has 0 fully saturated rings. The lowest BCUT2D eigenvalue weighted by Crippen LogP contribution is -2.30. The van der Waals surface area contributed by atoms with Crippen molar-refractivity contribution in [3.63, 3.8) is 0 Å². The highest BCUT2D eigenvalue weighted by Crippen LogP contribution is 2.17. The highest BCUT2D eigenvalue weighted by atomic mass is 16.6. The maximum Gasteiger partial charge on any atom is 0.306 e. The van der Waals surface area contributed by atoms with Crippen LogP contribution in [0.15, 0.2) is 97.2 Å². The molecule has 0 aliphatic rings. The van der Waals surface area contributed by atoms with Gasteiger partial charge in [0.05, 0.1) is 0 Å². The number of hydrogen-bond donors (Lipinski definition) is 0. The van der Waals surface area contributed by atoms with Crippen LogP contribution in [0, 0.1) is 0 Å². The standard InChI is InChI=1S/C74H128O6/c1-4-7-10-13-16-19-22-25-28-30-31-32-33-34-35-36-37-38-39-40-41-42-43-44-47-49-52-55-58-61-64-67-73(76)79-70-71(69-78-72(75)66-63-60-57-54-51-48-45-27-24-21-18-15-12-9-6-3)80-74(77)68-65-62-59-56-53-50-46-29-26-23-20-17-14-11-8-5-2/h7,10,16,18-19,21,25,27-28,31-32,34-35,37-38,45,71H,4-6,8-9,11-15,17,20,22-24,26,29-30,33,36,39-44,46-70H2,1-3H3/b10-7-,19-16-,21-18-,28-25-,32-31-,35-34-,38-37-,45-27-. The van der Waals surface area contributed by atoms with E-state index in [2.05, 4.69) is 118 Å². The van der Waals surface area contributed by atoms with Gasteiger partial charge in [0.15, 0.2) is 6.10 Å². The van der Waals surface area contributed by atoms with E-state index < -0.39 is 6.10 Å². The van der Waals surface area contributed by atoms with E-state index in [1.165, 1.54) is 180 Å². The first kappa shape index (κ1) is 76.3. The van der Waals surface area contributed by atoms with Crippen molar-refractivity contribution in [2.45, 2.75) is 341 Å². The number of rotatable bonds is 62. The maximum atomic E-state index is 12.9. The summed E-state index contributed by atoms with van der Waals surface area (Å²) in [6.45, 7) is 6.53. The van der Waals surface area contributed by atoms with E-state index in [1.807, 2.05) is 0 Å².